The van der Waals surface area contributed by atoms with Crippen molar-refractivity contribution in [2.24, 2.45) is 11.1 Å². The predicted octanol–water partition coefficient (Wildman–Crippen LogP) is 4.12. The van der Waals surface area contributed by atoms with Crippen LogP contribution in [0.4, 0.5) is 10.1 Å². The number of benzene rings is 1. The molecule has 0 aliphatic carbocycles. The van der Waals surface area contributed by atoms with Crippen molar-refractivity contribution in [3.8, 4) is 0 Å². The second-order valence-electron chi connectivity index (χ2n) is 7.11. The molecule has 2 nitrogen and oxygen atoms in total. The summed E-state index contributed by atoms with van der Waals surface area (Å²) in [5, 5.41) is 0. The maximum Gasteiger partial charge on any atom is 0.128 e. The van der Waals surface area contributed by atoms with Crippen molar-refractivity contribution < 1.29 is 4.39 Å². The van der Waals surface area contributed by atoms with Crippen LogP contribution in [0.25, 0.3) is 0 Å². The number of hydrogen-bond acceptors (Lipinski definition) is 2. The molecule has 0 radical (unpaired) electrons. The minimum Gasteiger partial charge on any atom is -0.371 e. The van der Waals surface area contributed by atoms with Gasteiger partial charge in [-0.2, -0.15) is 0 Å². The van der Waals surface area contributed by atoms with Gasteiger partial charge >= 0.3 is 0 Å². The molecule has 1 aromatic rings. The first-order valence-corrected chi connectivity index (χ1v) is 8.21. The first-order valence-electron chi connectivity index (χ1n) is 8.21. The zero-order chi connectivity index (χ0) is 15.5. The van der Waals surface area contributed by atoms with E-state index in [1.54, 1.807) is 6.07 Å². The van der Waals surface area contributed by atoms with Crippen molar-refractivity contribution in [3.63, 3.8) is 0 Å². The predicted molar refractivity (Wildman–Crippen MR) is 88.2 cm³/mol. The molecular formula is C18H29FN2. The molecule has 0 amide bonds. The molecule has 0 spiro atoms. The van der Waals surface area contributed by atoms with E-state index >= 15 is 0 Å². The topological polar surface area (TPSA) is 29.3 Å². The van der Waals surface area contributed by atoms with Gasteiger partial charge in [0.1, 0.15) is 5.82 Å². The van der Waals surface area contributed by atoms with Gasteiger partial charge in [-0.05, 0) is 49.7 Å². The Morgan fingerprint density at radius 3 is 2.76 bits per heavy atom. The molecule has 2 rings (SSSR count). The van der Waals surface area contributed by atoms with Crippen LogP contribution in [-0.4, -0.2) is 19.1 Å². The van der Waals surface area contributed by atoms with Crippen molar-refractivity contribution in [2.45, 2.75) is 58.9 Å². The Hall–Kier alpha value is -1.09. The first kappa shape index (κ1) is 16.3. The van der Waals surface area contributed by atoms with Gasteiger partial charge in [-0.1, -0.05) is 26.8 Å². The van der Waals surface area contributed by atoms with Crippen LogP contribution in [0.5, 0.6) is 0 Å². The molecule has 0 bridgehead atoms. The Morgan fingerprint density at radius 1 is 1.29 bits per heavy atom. The van der Waals surface area contributed by atoms with E-state index in [-0.39, 0.29) is 11.9 Å². The lowest BCUT2D eigenvalue weighted by molar-refractivity contribution is 0.325. The summed E-state index contributed by atoms with van der Waals surface area (Å²) < 4.78 is 14.3. The lowest BCUT2D eigenvalue weighted by Crippen LogP contribution is -2.28. The third-order valence-corrected chi connectivity index (χ3v) is 4.77. The average molecular weight is 292 g/mol. The van der Waals surface area contributed by atoms with Gasteiger partial charge < -0.3 is 10.6 Å². The zero-order valence-corrected chi connectivity index (χ0v) is 13.7. The quantitative estimate of drug-likeness (QED) is 0.904. The molecule has 0 aromatic heterocycles. The fraction of sp³-hybridized carbons (Fsp3) is 0.667. The van der Waals surface area contributed by atoms with Gasteiger partial charge in [-0.25, -0.2) is 4.39 Å². The maximum absolute atomic E-state index is 14.3. The molecular weight excluding hydrogens is 263 g/mol. The average Bonchev–Trinajstić information content (AvgIpc) is 2.62. The summed E-state index contributed by atoms with van der Waals surface area (Å²) in [6, 6.07) is 5.47. The van der Waals surface area contributed by atoms with Gasteiger partial charge in [0.2, 0.25) is 0 Å². The highest BCUT2D eigenvalue weighted by Crippen LogP contribution is 2.33. The summed E-state index contributed by atoms with van der Waals surface area (Å²) in [6.07, 6.45) is 5.06. The van der Waals surface area contributed by atoms with Crippen LogP contribution in [0.2, 0.25) is 0 Å². The molecule has 1 heterocycles. The number of nitrogens with two attached hydrogens (primary N) is 1. The number of anilines is 1. The lowest BCUT2D eigenvalue weighted by Gasteiger charge is -2.27. The Kier molecular flexibility index (Phi) is 5.26. The van der Waals surface area contributed by atoms with Crippen molar-refractivity contribution in [3.05, 3.63) is 29.6 Å². The van der Waals surface area contributed by atoms with E-state index in [0.717, 1.165) is 37.2 Å². The lowest BCUT2D eigenvalue weighted by atomic mass is 9.85. The third kappa shape index (κ3) is 4.19. The summed E-state index contributed by atoms with van der Waals surface area (Å²) in [6.45, 7) is 8.73. The molecule has 21 heavy (non-hydrogen) atoms. The Morgan fingerprint density at radius 2 is 2.05 bits per heavy atom. The molecule has 1 fully saturated rings. The Bertz CT molecular complexity index is 470. The summed E-state index contributed by atoms with van der Waals surface area (Å²) in [5.41, 5.74) is 8.30. The molecule has 1 aliphatic heterocycles. The van der Waals surface area contributed by atoms with Crippen LogP contribution in [0.1, 0.15) is 52.0 Å². The van der Waals surface area contributed by atoms with Crippen molar-refractivity contribution in [2.75, 3.05) is 18.0 Å². The van der Waals surface area contributed by atoms with Crippen LogP contribution < -0.4 is 10.6 Å². The molecule has 3 heteroatoms. The highest BCUT2D eigenvalue weighted by atomic mass is 19.1. The van der Waals surface area contributed by atoms with Gasteiger partial charge in [0.15, 0.2) is 0 Å². The Labute approximate surface area is 128 Å². The number of nitrogens with zero attached hydrogens (tertiary/aromatic N) is 1. The van der Waals surface area contributed by atoms with Crippen molar-refractivity contribution in [1.82, 2.24) is 0 Å². The summed E-state index contributed by atoms with van der Waals surface area (Å²) in [5.74, 6) is -0.111. The van der Waals surface area contributed by atoms with E-state index in [0.29, 0.717) is 11.8 Å². The minimum atomic E-state index is -0.111. The van der Waals surface area contributed by atoms with E-state index in [1.165, 1.54) is 12.8 Å². The molecule has 1 aromatic carbocycles. The van der Waals surface area contributed by atoms with Crippen LogP contribution in [0.3, 0.4) is 0 Å². The normalized spacial score (nSPS) is 20.1. The highest BCUT2D eigenvalue weighted by Gasteiger charge is 2.25. The first-order chi connectivity index (χ1) is 9.93. The monoisotopic (exact) mass is 292 g/mol. The van der Waals surface area contributed by atoms with Crippen LogP contribution in [-0.2, 0) is 6.42 Å². The molecule has 1 aliphatic rings. The maximum atomic E-state index is 14.3. The van der Waals surface area contributed by atoms with Crippen molar-refractivity contribution in [1.29, 1.82) is 0 Å². The summed E-state index contributed by atoms with van der Waals surface area (Å²) >= 11 is 0. The SMILES string of the molecule is CCC(N)Cc1c(F)cccc1N1CCCC(C)(C)CC1. The highest BCUT2D eigenvalue weighted by molar-refractivity contribution is 5.54. The zero-order valence-electron chi connectivity index (χ0n) is 13.7. The van der Waals surface area contributed by atoms with Gasteiger partial charge in [-0.3, -0.25) is 0 Å². The standard InChI is InChI=1S/C18H29FN2/c1-4-14(20)13-15-16(19)7-5-8-17(15)21-11-6-9-18(2,3)10-12-21/h5,7-8,14H,4,6,9-13,20H2,1-3H3. The Balaban J connectivity index is 2.24. The van der Waals surface area contributed by atoms with Gasteiger partial charge in [0, 0.05) is 30.4 Å². The minimum absolute atomic E-state index is 0.0315. The molecule has 2 N–H and O–H groups in total. The van der Waals surface area contributed by atoms with Crippen LogP contribution >= 0.6 is 0 Å². The third-order valence-electron chi connectivity index (χ3n) is 4.77. The second-order valence-corrected chi connectivity index (χ2v) is 7.11. The summed E-state index contributed by atoms with van der Waals surface area (Å²) in [7, 11) is 0. The van der Waals surface area contributed by atoms with E-state index in [9.17, 15) is 4.39 Å². The molecule has 1 atom stereocenters. The smallest absolute Gasteiger partial charge is 0.128 e. The number of hydrogen-bond donors (Lipinski definition) is 1. The van der Waals surface area contributed by atoms with Crippen LogP contribution in [0, 0.1) is 11.2 Å². The second kappa shape index (κ2) is 6.78. The number of halogens is 1. The fourth-order valence-electron chi connectivity index (χ4n) is 3.12. The molecule has 1 saturated heterocycles. The van der Waals surface area contributed by atoms with Gasteiger partial charge in [0.25, 0.3) is 0 Å². The van der Waals surface area contributed by atoms with Crippen molar-refractivity contribution >= 4 is 5.69 Å². The molecule has 118 valence electrons. The van der Waals surface area contributed by atoms with Gasteiger partial charge in [-0.15, -0.1) is 0 Å². The molecule has 1 unspecified atom stereocenters. The van der Waals surface area contributed by atoms with E-state index in [1.807, 2.05) is 6.07 Å². The fourth-order valence-corrected chi connectivity index (χ4v) is 3.12. The van der Waals surface area contributed by atoms with Gasteiger partial charge in [0.05, 0.1) is 0 Å². The largest absolute Gasteiger partial charge is 0.371 e. The van der Waals surface area contributed by atoms with E-state index in [4.69, 9.17) is 5.73 Å². The summed E-state index contributed by atoms with van der Waals surface area (Å²) in [4.78, 5) is 2.36. The van der Waals surface area contributed by atoms with E-state index < -0.39 is 0 Å². The van der Waals surface area contributed by atoms with E-state index in [2.05, 4.69) is 31.7 Å². The number of rotatable bonds is 4. The van der Waals surface area contributed by atoms with Crippen LogP contribution in [0.15, 0.2) is 18.2 Å². The molecule has 0 saturated carbocycles.